The first kappa shape index (κ1) is 19.2. The van der Waals surface area contributed by atoms with Crippen molar-refractivity contribution in [3.05, 3.63) is 53.9 Å². The van der Waals surface area contributed by atoms with E-state index in [1.54, 1.807) is 12.3 Å². The lowest BCUT2D eigenvalue weighted by Gasteiger charge is -2.46. The number of nitrogens with zero attached hydrogens (tertiary/aromatic N) is 2. The van der Waals surface area contributed by atoms with Crippen LogP contribution in [0.15, 0.2) is 42.6 Å². The summed E-state index contributed by atoms with van der Waals surface area (Å²) < 4.78 is 12.1. The summed E-state index contributed by atoms with van der Waals surface area (Å²) >= 11 is 0. The molecule has 150 valence electrons. The first-order chi connectivity index (χ1) is 13.7. The van der Waals surface area contributed by atoms with Crippen LogP contribution in [0.4, 0.5) is 0 Å². The van der Waals surface area contributed by atoms with Gasteiger partial charge in [0.1, 0.15) is 5.69 Å². The van der Waals surface area contributed by atoms with E-state index in [-0.39, 0.29) is 11.5 Å². The smallest absolute Gasteiger partial charge is 0.271 e. The highest BCUT2D eigenvalue weighted by Crippen LogP contribution is 2.39. The molecule has 1 amide bonds. The quantitative estimate of drug-likeness (QED) is 0.776. The van der Waals surface area contributed by atoms with Gasteiger partial charge in [0.25, 0.3) is 5.91 Å². The fourth-order valence-corrected chi connectivity index (χ4v) is 4.40. The Morgan fingerprint density at radius 1 is 1.25 bits per heavy atom. The van der Waals surface area contributed by atoms with Crippen LogP contribution >= 0.6 is 0 Å². The summed E-state index contributed by atoms with van der Waals surface area (Å²) in [6.07, 6.45) is 6.70. The number of piperidine rings is 1. The van der Waals surface area contributed by atoms with E-state index in [9.17, 15) is 4.79 Å². The Balaban J connectivity index is 1.22. The standard InChI is InChI=1S/C22H29N3O3/c26-21(20-6-11-23-24-20)25-12-9-22(10-13-25)16-18(8-15-28-22)7-14-27-17-19-4-2-1-3-5-19/h1-6,11,18H,7-10,12-17H2,(H,23,24). The summed E-state index contributed by atoms with van der Waals surface area (Å²) in [7, 11) is 0. The largest absolute Gasteiger partial charge is 0.377 e. The van der Waals surface area contributed by atoms with Crippen molar-refractivity contribution in [3.8, 4) is 0 Å². The lowest BCUT2D eigenvalue weighted by molar-refractivity contribution is -0.126. The molecule has 0 radical (unpaired) electrons. The van der Waals surface area contributed by atoms with E-state index in [1.165, 1.54) is 5.56 Å². The molecule has 6 nitrogen and oxygen atoms in total. The molecule has 0 bridgehead atoms. The first-order valence-corrected chi connectivity index (χ1v) is 10.3. The van der Waals surface area contributed by atoms with Crippen LogP contribution in [0, 0.1) is 5.92 Å². The van der Waals surface area contributed by atoms with E-state index in [0.29, 0.717) is 18.2 Å². The predicted octanol–water partition coefficient (Wildman–Crippen LogP) is 3.42. The van der Waals surface area contributed by atoms with Crippen molar-refractivity contribution in [2.45, 2.75) is 44.3 Å². The van der Waals surface area contributed by atoms with Crippen molar-refractivity contribution in [2.75, 3.05) is 26.3 Å². The molecular weight excluding hydrogens is 354 g/mol. The zero-order valence-electron chi connectivity index (χ0n) is 16.3. The van der Waals surface area contributed by atoms with Crippen LogP contribution in [0.25, 0.3) is 0 Å². The van der Waals surface area contributed by atoms with E-state index in [1.807, 2.05) is 23.1 Å². The Morgan fingerprint density at radius 2 is 2.07 bits per heavy atom. The number of carbonyl (C=O) groups excluding carboxylic acids is 1. The van der Waals surface area contributed by atoms with Crippen LogP contribution in [0.1, 0.15) is 48.2 Å². The molecule has 1 atom stereocenters. The van der Waals surface area contributed by atoms with Crippen molar-refractivity contribution in [1.29, 1.82) is 0 Å². The molecule has 1 aromatic carbocycles. The van der Waals surface area contributed by atoms with E-state index in [0.717, 1.165) is 58.4 Å². The van der Waals surface area contributed by atoms with Gasteiger partial charge in [-0.25, -0.2) is 0 Å². The van der Waals surface area contributed by atoms with Gasteiger partial charge in [0.05, 0.1) is 12.2 Å². The number of ether oxygens (including phenoxy) is 2. The van der Waals surface area contributed by atoms with Gasteiger partial charge in [-0.1, -0.05) is 30.3 Å². The summed E-state index contributed by atoms with van der Waals surface area (Å²) in [5.41, 5.74) is 1.72. The highest BCUT2D eigenvalue weighted by Gasteiger charge is 2.41. The predicted molar refractivity (Wildman–Crippen MR) is 106 cm³/mol. The Hall–Kier alpha value is -2.18. The molecule has 2 aliphatic heterocycles. The molecular formula is C22H29N3O3. The summed E-state index contributed by atoms with van der Waals surface area (Å²) in [4.78, 5) is 14.4. The number of likely N-dealkylation sites (tertiary alicyclic amines) is 1. The summed E-state index contributed by atoms with van der Waals surface area (Å²) in [6.45, 7) is 3.78. The second-order valence-electron chi connectivity index (χ2n) is 7.98. The van der Waals surface area contributed by atoms with Crippen molar-refractivity contribution in [1.82, 2.24) is 15.1 Å². The summed E-state index contributed by atoms with van der Waals surface area (Å²) in [5.74, 6) is 0.674. The Labute approximate surface area is 166 Å². The van der Waals surface area contributed by atoms with E-state index in [4.69, 9.17) is 9.47 Å². The van der Waals surface area contributed by atoms with E-state index < -0.39 is 0 Å². The van der Waals surface area contributed by atoms with Gasteiger partial charge in [-0.3, -0.25) is 9.89 Å². The number of H-pyrrole nitrogens is 1. The van der Waals surface area contributed by atoms with Gasteiger partial charge in [-0.05, 0) is 49.7 Å². The fraction of sp³-hybridized carbons (Fsp3) is 0.545. The van der Waals surface area contributed by atoms with Gasteiger partial charge in [-0.2, -0.15) is 5.10 Å². The fourth-order valence-electron chi connectivity index (χ4n) is 4.40. The zero-order chi connectivity index (χ0) is 19.2. The minimum absolute atomic E-state index is 0.0361. The number of hydrogen-bond donors (Lipinski definition) is 1. The molecule has 1 aromatic heterocycles. The number of aromatic amines is 1. The van der Waals surface area contributed by atoms with Crippen LogP contribution in [0.2, 0.25) is 0 Å². The molecule has 1 spiro atoms. The third-order valence-corrected chi connectivity index (χ3v) is 6.07. The third kappa shape index (κ3) is 4.62. The zero-order valence-corrected chi connectivity index (χ0v) is 16.3. The van der Waals surface area contributed by atoms with Crippen LogP contribution < -0.4 is 0 Å². The van der Waals surface area contributed by atoms with Gasteiger partial charge >= 0.3 is 0 Å². The monoisotopic (exact) mass is 383 g/mol. The number of hydrogen-bond acceptors (Lipinski definition) is 4. The number of carbonyl (C=O) groups is 1. The molecule has 0 aliphatic carbocycles. The maximum Gasteiger partial charge on any atom is 0.271 e. The summed E-state index contributed by atoms with van der Waals surface area (Å²) in [5, 5.41) is 6.64. The van der Waals surface area contributed by atoms with E-state index in [2.05, 4.69) is 22.3 Å². The van der Waals surface area contributed by atoms with Crippen molar-refractivity contribution >= 4 is 5.91 Å². The Morgan fingerprint density at radius 3 is 2.82 bits per heavy atom. The van der Waals surface area contributed by atoms with Crippen LogP contribution in [-0.2, 0) is 16.1 Å². The van der Waals surface area contributed by atoms with Crippen LogP contribution in [-0.4, -0.2) is 52.9 Å². The van der Waals surface area contributed by atoms with Crippen molar-refractivity contribution in [3.63, 3.8) is 0 Å². The van der Waals surface area contributed by atoms with Crippen molar-refractivity contribution in [2.24, 2.45) is 5.92 Å². The molecule has 1 unspecified atom stereocenters. The number of nitrogens with one attached hydrogen (secondary N) is 1. The molecule has 2 saturated heterocycles. The highest BCUT2D eigenvalue weighted by atomic mass is 16.5. The Bertz CT molecular complexity index is 740. The minimum Gasteiger partial charge on any atom is -0.377 e. The van der Waals surface area contributed by atoms with Gasteiger partial charge in [-0.15, -0.1) is 0 Å². The number of amides is 1. The van der Waals surface area contributed by atoms with Gasteiger partial charge < -0.3 is 14.4 Å². The maximum atomic E-state index is 12.5. The van der Waals surface area contributed by atoms with Gasteiger partial charge in [0.2, 0.25) is 0 Å². The van der Waals surface area contributed by atoms with Crippen LogP contribution in [0.3, 0.4) is 0 Å². The average molecular weight is 383 g/mol. The van der Waals surface area contributed by atoms with Crippen molar-refractivity contribution < 1.29 is 14.3 Å². The van der Waals surface area contributed by atoms with Gasteiger partial charge in [0.15, 0.2) is 0 Å². The molecule has 2 aliphatic rings. The molecule has 0 saturated carbocycles. The molecule has 6 heteroatoms. The normalized spacial score (nSPS) is 21.7. The lowest BCUT2D eigenvalue weighted by Crippen LogP contribution is -2.51. The lowest BCUT2D eigenvalue weighted by atomic mass is 9.78. The third-order valence-electron chi connectivity index (χ3n) is 6.07. The molecule has 4 rings (SSSR count). The second-order valence-corrected chi connectivity index (χ2v) is 7.98. The highest BCUT2D eigenvalue weighted by molar-refractivity contribution is 5.92. The molecule has 2 aromatic rings. The molecule has 3 heterocycles. The van der Waals surface area contributed by atoms with E-state index >= 15 is 0 Å². The van der Waals surface area contributed by atoms with Crippen LogP contribution in [0.5, 0.6) is 0 Å². The topological polar surface area (TPSA) is 67.5 Å². The average Bonchev–Trinajstić information content (AvgIpc) is 3.27. The number of rotatable bonds is 6. The minimum atomic E-state index is -0.0624. The summed E-state index contributed by atoms with van der Waals surface area (Å²) in [6, 6.07) is 12.0. The number of benzene rings is 1. The number of aromatic nitrogens is 2. The maximum absolute atomic E-state index is 12.5. The second kappa shape index (κ2) is 8.88. The first-order valence-electron chi connectivity index (χ1n) is 10.3. The van der Waals surface area contributed by atoms with Gasteiger partial charge in [0, 0.05) is 32.5 Å². The molecule has 1 N–H and O–H groups in total. The Kier molecular flexibility index (Phi) is 6.07. The molecule has 28 heavy (non-hydrogen) atoms. The SMILES string of the molecule is O=C(c1ccn[nH]1)N1CCC2(CC1)CC(CCOCc1ccccc1)CCO2. The molecule has 2 fully saturated rings.